The van der Waals surface area contributed by atoms with Gasteiger partial charge in [-0.2, -0.15) is 4.31 Å². The highest BCUT2D eigenvalue weighted by Crippen LogP contribution is 2.18. The quantitative estimate of drug-likeness (QED) is 0.681. The Kier molecular flexibility index (Phi) is 8.46. The normalized spacial score (nSPS) is 17.6. The zero-order chi connectivity index (χ0) is 20.7. The molecule has 1 N–H and O–H groups in total. The Morgan fingerprint density at radius 1 is 1.04 bits per heavy atom. The summed E-state index contributed by atoms with van der Waals surface area (Å²) in [5, 5.41) is 3.06. The van der Waals surface area contributed by atoms with Crippen molar-refractivity contribution < 1.29 is 13.2 Å². The van der Waals surface area contributed by atoms with Gasteiger partial charge in [0.15, 0.2) is 0 Å². The molecule has 1 aromatic rings. The van der Waals surface area contributed by atoms with Crippen LogP contribution in [0.2, 0.25) is 0 Å². The molecule has 0 spiro atoms. The minimum atomic E-state index is -3.46. The molecule has 1 aliphatic rings. The molecular formula is C21H35N3O3S. The number of piperazine rings is 1. The predicted octanol–water partition coefficient (Wildman–Crippen LogP) is 2.63. The van der Waals surface area contributed by atoms with Gasteiger partial charge >= 0.3 is 0 Å². The SMILES string of the molecule is Cc1ccc(S(=O)(=O)N2CCN(CC(=O)N[C@H](C)CCCC(C)C)CC2)cc1. The highest BCUT2D eigenvalue weighted by molar-refractivity contribution is 7.89. The van der Waals surface area contributed by atoms with Gasteiger partial charge in [-0.15, -0.1) is 0 Å². The zero-order valence-corrected chi connectivity index (χ0v) is 18.5. The Hall–Kier alpha value is -1.44. The van der Waals surface area contributed by atoms with Crippen molar-refractivity contribution in [3.05, 3.63) is 29.8 Å². The van der Waals surface area contributed by atoms with Crippen LogP contribution in [-0.4, -0.2) is 62.3 Å². The average molecular weight is 410 g/mol. The standard InChI is InChI=1S/C21H35N3O3S/c1-17(2)6-5-7-19(4)22-21(25)16-23-12-14-24(15-13-23)28(26,27)20-10-8-18(3)9-11-20/h8-11,17,19H,5-7,12-16H2,1-4H3,(H,22,25)/t19-/m1/s1. The lowest BCUT2D eigenvalue weighted by Crippen LogP contribution is -2.51. The molecule has 0 aliphatic carbocycles. The molecule has 28 heavy (non-hydrogen) atoms. The summed E-state index contributed by atoms with van der Waals surface area (Å²) in [6, 6.07) is 7.12. The van der Waals surface area contributed by atoms with Crippen molar-refractivity contribution in [2.75, 3.05) is 32.7 Å². The van der Waals surface area contributed by atoms with E-state index in [1.54, 1.807) is 12.1 Å². The lowest BCUT2D eigenvalue weighted by molar-refractivity contribution is -0.123. The Morgan fingerprint density at radius 3 is 2.21 bits per heavy atom. The third-order valence-electron chi connectivity index (χ3n) is 5.18. The van der Waals surface area contributed by atoms with Crippen LogP contribution in [0.25, 0.3) is 0 Å². The van der Waals surface area contributed by atoms with E-state index in [0.717, 1.165) is 18.4 Å². The van der Waals surface area contributed by atoms with Gasteiger partial charge in [0.2, 0.25) is 15.9 Å². The number of aryl methyl sites for hydroxylation is 1. The zero-order valence-electron chi connectivity index (χ0n) is 17.6. The average Bonchev–Trinajstić information content (AvgIpc) is 2.62. The summed E-state index contributed by atoms with van der Waals surface area (Å²) in [5.74, 6) is 0.710. The molecule has 1 saturated heterocycles. The highest BCUT2D eigenvalue weighted by Gasteiger charge is 2.29. The Bertz CT molecular complexity index is 724. The molecular weight excluding hydrogens is 374 g/mol. The van der Waals surface area contributed by atoms with E-state index in [0.29, 0.717) is 43.5 Å². The second-order valence-electron chi connectivity index (χ2n) is 8.29. The van der Waals surface area contributed by atoms with E-state index in [2.05, 4.69) is 19.2 Å². The summed E-state index contributed by atoms with van der Waals surface area (Å²) in [6.45, 7) is 10.7. The Balaban J connectivity index is 1.77. The molecule has 0 radical (unpaired) electrons. The monoisotopic (exact) mass is 409 g/mol. The lowest BCUT2D eigenvalue weighted by Gasteiger charge is -2.33. The van der Waals surface area contributed by atoms with E-state index in [-0.39, 0.29) is 11.9 Å². The van der Waals surface area contributed by atoms with Crippen molar-refractivity contribution in [2.45, 2.75) is 57.9 Å². The molecule has 1 amide bonds. The van der Waals surface area contributed by atoms with Crippen LogP contribution in [-0.2, 0) is 14.8 Å². The van der Waals surface area contributed by atoms with Crippen LogP contribution in [0, 0.1) is 12.8 Å². The summed E-state index contributed by atoms with van der Waals surface area (Å²) in [6.07, 6.45) is 3.29. The fraction of sp³-hybridized carbons (Fsp3) is 0.667. The summed E-state index contributed by atoms with van der Waals surface area (Å²) >= 11 is 0. The van der Waals surface area contributed by atoms with Crippen LogP contribution in [0.3, 0.4) is 0 Å². The van der Waals surface area contributed by atoms with E-state index in [9.17, 15) is 13.2 Å². The van der Waals surface area contributed by atoms with Crippen molar-refractivity contribution in [3.63, 3.8) is 0 Å². The van der Waals surface area contributed by atoms with E-state index < -0.39 is 10.0 Å². The fourth-order valence-corrected chi connectivity index (χ4v) is 4.84. The number of carbonyl (C=O) groups excluding carboxylic acids is 1. The fourth-order valence-electron chi connectivity index (χ4n) is 3.42. The number of amides is 1. The van der Waals surface area contributed by atoms with Gasteiger partial charge in [0.25, 0.3) is 0 Å². The smallest absolute Gasteiger partial charge is 0.243 e. The van der Waals surface area contributed by atoms with E-state index in [1.165, 1.54) is 10.7 Å². The molecule has 0 unspecified atom stereocenters. The topological polar surface area (TPSA) is 69.7 Å². The second-order valence-corrected chi connectivity index (χ2v) is 10.2. The molecule has 1 aromatic carbocycles. The number of rotatable bonds is 9. The molecule has 6 nitrogen and oxygen atoms in total. The van der Waals surface area contributed by atoms with Crippen LogP contribution in [0.5, 0.6) is 0 Å². The van der Waals surface area contributed by atoms with Crippen LogP contribution in [0.4, 0.5) is 0 Å². The summed E-state index contributed by atoms with van der Waals surface area (Å²) in [5.41, 5.74) is 1.04. The van der Waals surface area contributed by atoms with Crippen molar-refractivity contribution >= 4 is 15.9 Å². The molecule has 1 fully saturated rings. The third kappa shape index (κ3) is 6.87. The van der Waals surface area contributed by atoms with Crippen molar-refractivity contribution in [3.8, 4) is 0 Å². The van der Waals surface area contributed by atoms with E-state index in [4.69, 9.17) is 0 Å². The number of carbonyl (C=O) groups is 1. The van der Waals surface area contributed by atoms with Gasteiger partial charge in [0.1, 0.15) is 0 Å². The predicted molar refractivity (Wildman–Crippen MR) is 113 cm³/mol. The molecule has 0 aromatic heterocycles. The van der Waals surface area contributed by atoms with Crippen molar-refractivity contribution in [1.82, 2.24) is 14.5 Å². The number of nitrogens with one attached hydrogen (secondary N) is 1. The second kappa shape index (κ2) is 10.4. The molecule has 1 atom stereocenters. The number of hydrogen-bond donors (Lipinski definition) is 1. The van der Waals surface area contributed by atoms with E-state index >= 15 is 0 Å². The minimum Gasteiger partial charge on any atom is -0.353 e. The minimum absolute atomic E-state index is 0.0203. The maximum atomic E-state index is 12.7. The summed E-state index contributed by atoms with van der Waals surface area (Å²) in [4.78, 5) is 14.6. The molecule has 7 heteroatoms. The van der Waals surface area contributed by atoms with Gasteiger partial charge in [0.05, 0.1) is 11.4 Å². The largest absolute Gasteiger partial charge is 0.353 e. The summed E-state index contributed by atoms with van der Waals surface area (Å²) < 4.78 is 27.0. The Morgan fingerprint density at radius 2 is 1.64 bits per heavy atom. The number of nitrogens with zero attached hydrogens (tertiary/aromatic N) is 2. The van der Waals surface area contributed by atoms with Crippen molar-refractivity contribution in [1.29, 1.82) is 0 Å². The van der Waals surface area contributed by atoms with Crippen LogP contribution < -0.4 is 5.32 Å². The van der Waals surface area contributed by atoms with Crippen LogP contribution in [0.1, 0.15) is 45.6 Å². The van der Waals surface area contributed by atoms with Gasteiger partial charge in [-0.3, -0.25) is 9.69 Å². The first-order valence-electron chi connectivity index (χ1n) is 10.3. The van der Waals surface area contributed by atoms with Gasteiger partial charge in [0, 0.05) is 32.2 Å². The highest BCUT2D eigenvalue weighted by atomic mass is 32.2. The molecule has 2 rings (SSSR count). The maximum Gasteiger partial charge on any atom is 0.243 e. The molecule has 0 saturated carbocycles. The first kappa shape index (κ1) is 22.8. The van der Waals surface area contributed by atoms with E-state index in [1.807, 2.05) is 30.9 Å². The van der Waals surface area contributed by atoms with Gasteiger partial charge in [-0.05, 0) is 38.3 Å². The van der Waals surface area contributed by atoms with Crippen molar-refractivity contribution in [2.24, 2.45) is 5.92 Å². The first-order chi connectivity index (χ1) is 13.2. The number of benzene rings is 1. The molecule has 1 heterocycles. The van der Waals surface area contributed by atoms with Crippen LogP contribution in [0.15, 0.2) is 29.2 Å². The third-order valence-corrected chi connectivity index (χ3v) is 7.10. The van der Waals surface area contributed by atoms with Gasteiger partial charge in [-0.1, -0.05) is 44.4 Å². The first-order valence-corrected chi connectivity index (χ1v) is 11.7. The maximum absolute atomic E-state index is 12.7. The lowest BCUT2D eigenvalue weighted by atomic mass is 10.0. The van der Waals surface area contributed by atoms with Crippen LogP contribution >= 0.6 is 0 Å². The molecule has 0 bridgehead atoms. The molecule has 158 valence electrons. The number of sulfonamides is 1. The Labute approximate surface area is 170 Å². The van der Waals surface area contributed by atoms with Gasteiger partial charge < -0.3 is 5.32 Å². The summed E-state index contributed by atoms with van der Waals surface area (Å²) in [7, 11) is -3.46. The number of hydrogen-bond acceptors (Lipinski definition) is 4. The van der Waals surface area contributed by atoms with Gasteiger partial charge in [-0.25, -0.2) is 8.42 Å². The molecule has 1 aliphatic heterocycles.